The minimum absolute atomic E-state index is 0.107. The van der Waals surface area contributed by atoms with Crippen molar-refractivity contribution >= 4 is 5.97 Å². The minimum Gasteiger partial charge on any atom is -0.481 e. The van der Waals surface area contributed by atoms with Crippen LogP contribution in [0.25, 0.3) is 0 Å². The number of nitrogens with zero attached hydrogens (tertiary/aromatic N) is 1. The maximum atomic E-state index is 10.6. The first-order chi connectivity index (χ1) is 8.54. The van der Waals surface area contributed by atoms with Gasteiger partial charge in [0.2, 0.25) is 0 Å². The molecule has 1 aliphatic rings. The van der Waals surface area contributed by atoms with Gasteiger partial charge in [-0.05, 0) is 36.4 Å². The van der Waals surface area contributed by atoms with Crippen LogP contribution in [0.1, 0.15) is 24.5 Å². The Morgan fingerprint density at radius 3 is 2.39 bits per heavy atom. The van der Waals surface area contributed by atoms with Crippen LogP contribution < -0.4 is 0 Å². The van der Waals surface area contributed by atoms with E-state index in [1.807, 2.05) is 24.3 Å². The highest BCUT2D eigenvalue weighted by Gasteiger charge is 2.32. The van der Waals surface area contributed by atoms with Gasteiger partial charge in [0.05, 0.1) is 6.42 Å². The molecule has 1 N–H and O–H groups in total. The van der Waals surface area contributed by atoms with Crippen LogP contribution in [-0.2, 0) is 17.8 Å². The molecular weight excluding hydrogens is 226 g/mol. The van der Waals surface area contributed by atoms with Gasteiger partial charge in [-0.3, -0.25) is 4.79 Å². The van der Waals surface area contributed by atoms with E-state index in [-0.39, 0.29) is 6.42 Å². The third-order valence-electron chi connectivity index (χ3n) is 3.65. The van der Waals surface area contributed by atoms with Gasteiger partial charge < -0.3 is 10.0 Å². The molecule has 0 amide bonds. The summed E-state index contributed by atoms with van der Waals surface area (Å²) < 4.78 is 0. The monoisotopic (exact) mass is 247 g/mol. The zero-order valence-electron chi connectivity index (χ0n) is 11.1. The Kier molecular flexibility index (Phi) is 4.02. The van der Waals surface area contributed by atoms with E-state index >= 15 is 0 Å². The van der Waals surface area contributed by atoms with E-state index in [0.717, 1.165) is 30.5 Å². The zero-order chi connectivity index (χ0) is 13.1. The molecule has 1 saturated carbocycles. The summed E-state index contributed by atoms with van der Waals surface area (Å²) >= 11 is 0. The van der Waals surface area contributed by atoms with Crippen LogP contribution in [0.3, 0.4) is 0 Å². The molecule has 0 spiro atoms. The first-order valence-electron chi connectivity index (χ1n) is 6.52. The van der Waals surface area contributed by atoms with Crippen molar-refractivity contribution < 1.29 is 9.90 Å². The number of hydrogen-bond acceptors (Lipinski definition) is 2. The van der Waals surface area contributed by atoms with E-state index < -0.39 is 5.97 Å². The molecule has 1 aromatic carbocycles. The first kappa shape index (κ1) is 13.1. The van der Waals surface area contributed by atoms with Crippen LogP contribution in [0.15, 0.2) is 24.3 Å². The summed E-state index contributed by atoms with van der Waals surface area (Å²) in [6.07, 6.45) is 1.47. The molecule has 0 heterocycles. The lowest BCUT2D eigenvalue weighted by atomic mass is 10.1. The first-order valence-corrected chi connectivity index (χ1v) is 6.52. The molecule has 1 fully saturated rings. The lowest BCUT2D eigenvalue weighted by Gasteiger charge is -2.16. The second-order valence-corrected chi connectivity index (χ2v) is 5.56. The normalized spacial score (nSPS) is 22.2. The van der Waals surface area contributed by atoms with Crippen LogP contribution in [0.4, 0.5) is 0 Å². The molecular formula is C15H21NO2. The van der Waals surface area contributed by atoms with Gasteiger partial charge in [0, 0.05) is 13.1 Å². The molecule has 98 valence electrons. The maximum absolute atomic E-state index is 10.6. The number of carbonyl (C=O) groups is 1. The molecule has 1 aromatic rings. The third-order valence-corrected chi connectivity index (χ3v) is 3.65. The molecule has 0 aromatic heterocycles. The van der Waals surface area contributed by atoms with Crippen molar-refractivity contribution in [2.45, 2.75) is 26.3 Å². The van der Waals surface area contributed by atoms with Crippen LogP contribution >= 0.6 is 0 Å². The Morgan fingerprint density at radius 2 is 1.89 bits per heavy atom. The lowest BCUT2D eigenvalue weighted by Crippen LogP contribution is -2.20. The van der Waals surface area contributed by atoms with Gasteiger partial charge in [-0.1, -0.05) is 31.2 Å². The summed E-state index contributed by atoms with van der Waals surface area (Å²) in [4.78, 5) is 12.9. The van der Waals surface area contributed by atoms with E-state index in [1.165, 1.54) is 12.0 Å². The van der Waals surface area contributed by atoms with E-state index in [9.17, 15) is 4.79 Å². The Morgan fingerprint density at radius 1 is 1.33 bits per heavy atom. The lowest BCUT2D eigenvalue weighted by molar-refractivity contribution is -0.136. The van der Waals surface area contributed by atoms with Crippen LogP contribution in [0, 0.1) is 11.8 Å². The fourth-order valence-electron chi connectivity index (χ4n) is 2.37. The number of hydrogen-bond donors (Lipinski definition) is 1. The van der Waals surface area contributed by atoms with E-state index in [0.29, 0.717) is 0 Å². The van der Waals surface area contributed by atoms with Gasteiger partial charge in [0.15, 0.2) is 0 Å². The topological polar surface area (TPSA) is 40.5 Å². The number of carboxylic acids is 1. The molecule has 0 aliphatic heterocycles. The smallest absolute Gasteiger partial charge is 0.307 e. The summed E-state index contributed by atoms with van der Waals surface area (Å²) in [6.45, 7) is 4.41. The summed E-state index contributed by atoms with van der Waals surface area (Å²) in [5.41, 5.74) is 2.12. The van der Waals surface area contributed by atoms with E-state index in [4.69, 9.17) is 5.11 Å². The van der Waals surface area contributed by atoms with Crippen molar-refractivity contribution in [1.29, 1.82) is 0 Å². The second-order valence-electron chi connectivity index (χ2n) is 5.56. The average molecular weight is 247 g/mol. The molecule has 2 rings (SSSR count). The van der Waals surface area contributed by atoms with Crippen molar-refractivity contribution in [2.75, 3.05) is 13.6 Å². The molecule has 0 saturated heterocycles. The highest BCUT2D eigenvalue weighted by atomic mass is 16.4. The SMILES string of the molecule is CC1CC1CN(C)Cc1ccc(CC(=O)O)cc1. The van der Waals surface area contributed by atoms with Crippen molar-refractivity contribution in [2.24, 2.45) is 11.8 Å². The Balaban J connectivity index is 1.83. The molecule has 18 heavy (non-hydrogen) atoms. The second kappa shape index (κ2) is 5.53. The highest BCUT2D eigenvalue weighted by molar-refractivity contribution is 5.70. The van der Waals surface area contributed by atoms with Crippen LogP contribution in [0.2, 0.25) is 0 Å². The fourth-order valence-corrected chi connectivity index (χ4v) is 2.37. The Bertz CT molecular complexity index is 413. The van der Waals surface area contributed by atoms with Crippen LogP contribution in [0.5, 0.6) is 0 Å². The summed E-state index contributed by atoms with van der Waals surface area (Å²) in [7, 11) is 2.15. The molecule has 1 aliphatic carbocycles. The fraction of sp³-hybridized carbons (Fsp3) is 0.533. The maximum Gasteiger partial charge on any atom is 0.307 e. The van der Waals surface area contributed by atoms with Gasteiger partial charge in [-0.15, -0.1) is 0 Å². The van der Waals surface area contributed by atoms with Gasteiger partial charge >= 0.3 is 5.97 Å². The van der Waals surface area contributed by atoms with Crippen molar-refractivity contribution in [3.8, 4) is 0 Å². The van der Waals surface area contributed by atoms with E-state index in [2.05, 4.69) is 18.9 Å². The number of benzene rings is 1. The number of rotatable bonds is 6. The van der Waals surface area contributed by atoms with Crippen molar-refractivity contribution in [3.05, 3.63) is 35.4 Å². The van der Waals surface area contributed by atoms with Crippen molar-refractivity contribution in [3.63, 3.8) is 0 Å². The number of aliphatic carboxylic acids is 1. The largest absolute Gasteiger partial charge is 0.481 e. The van der Waals surface area contributed by atoms with Gasteiger partial charge in [0.25, 0.3) is 0 Å². The number of carboxylic acid groups (broad SMARTS) is 1. The summed E-state index contributed by atoms with van der Waals surface area (Å²) in [5.74, 6) is 0.995. The third kappa shape index (κ3) is 3.84. The van der Waals surface area contributed by atoms with E-state index in [1.54, 1.807) is 0 Å². The Labute approximate surface area is 108 Å². The average Bonchev–Trinajstić information content (AvgIpc) is 2.96. The van der Waals surface area contributed by atoms with Gasteiger partial charge in [-0.2, -0.15) is 0 Å². The summed E-state index contributed by atoms with van der Waals surface area (Å²) in [6, 6.07) is 7.89. The Hall–Kier alpha value is -1.35. The summed E-state index contributed by atoms with van der Waals surface area (Å²) in [5, 5.41) is 8.70. The molecule has 0 radical (unpaired) electrons. The predicted molar refractivity (Wildman–Crippen MR) is 71.4 cm³/mol. The van der Waals surface area contributed by atoms with Gasteiger partial charge in [-0.25, -0.2) is 0 Å². The highest BCUT2D eigenvalue weighted by Crippen LogP contribution is 2.38. The van der Waals surface area contributed by atoms with Gasteiger partial charge in [0.1, 0.15) is 0 Å². The quantitative estimate of drug-likeness (QED) is 0.839. The van der Waals surface area contributed by atoms with Crippen LogP contribution in [-0.4, -0.2) is 29.6 Å². The molecule has 2 unspecified atom stereocenters. The zero-order valence-corrected chi connectivity index (χ0v) is 11.1. The molecule has 3 nitrogen and oxygen atoms in total. The minimum atomic E-state index is -0.775. The molecule has 0 bridgehead atoms. The predicted octanol–water partition coefficient (Wildman–Crippen LogP) is 2.40. The standard InChI is InChI=1S/C15H21NO2/c1-11-7-14(11)10-16(2)9-13-5-3-12(4-6-13)8-15(17)18/h3-6,11,14H,7-10H2,1-2H3,(H,17,18). The molecule has 3 heteroatoms. The molecule has 2 atom stereocenters. The van der Waals surface area contributed by atoms with Crippen molar-refractivity contribution in [1.82, 2.24) is 4.90 Å².